The van der Waals surface area contributed by atoms with Gasteiger partial charge in [-0.05, 0) is 23.3 Å². The molecule has 122 valence electrons. The fraction of sp³-hybridized carbons (Fsp3) is 0.158. The molecule has 1 atom stereocenters. The summed E-state index contributed by atoms with van der Waals surface area (Å²) in [5.74, 6) is -2.59. The summed E-state index contributed by atoms with van der Waals surface area (Å²) in [6.45, 7) is 0. The van der Waals surface area contributed by atoms with Gasteiger partial charge < -0.3 is 9.72 Å². The van der Waals surface area contributed by atoms with Crippen molar-refractivity contribution < 1.29 is 18.7 Å². The van der Waals surface area contributed by atoms with Gasteiger partial charge in [-0.2, -0.15) is 0 Å². The first kappa shape index (κ1) is 15.9. The van der Waals surface area contributed by atoms with Gasteiger partial charge in [0.15, 0.2) is 0 Å². The Morgan fingerprint density at radius 1 is 1.08 bits per heavy atom. The van der Waals surface area contributed by atoms with Crippen LogP contribution in [0.5, 0.6) is 0 Å². The maximum absolute atomic E-state index is 14.3. The zero-order valence-corrected chi connectivity index (χ0v) is 13.1. The monoisotopic (exact) mass is 325 g/mol. The van der Waals surface area contributed by atoms with Crippen LogP contribution >= 0.6 is 0 Å². The van der Waals surface area contributed by atoms with E-state index in [4.69, 9.17) is 0 Å². The summed E-state index contributed by atoms with van der Waals surface area (Å²) < 4.78 is 18.8. The molecule has 24 heavy (non-hydrogen) atoms. The van der Waals surface area contributed by atoms with Crippen molar-refractivity contribution in [2.24, 2.45) is 0 Å². The number of Topliss-reactive ketones (excluding diaryl/α,β-unsaturated/α-hetero) is 1. The van der Waals surface area contributed by atoms with E-state index < -0.39 is 23.5 Å². The zero-order valence-electron chi connectivity index (χ0n) is 13.1. The van der Waals surface area contributed by atoms with Crippen LogP contribution in [0, 0.1) is 5.82 Å². The SMILES string of the molecule is COC(=O)C(=O)C[C@H](c1ccccc1F)c1c[nH]c2ccccc12. The van der Waals surface area contributed by atoms with Crippen molar-refractivity contribution in [3.8, 4) is 0 Å². The van der Waals surface area contributed by atoms with Crippen molar-refractivity contribution in [3.05, 3.63) is 71.7 Å². The molecule has 0 aliphatic heterocycles. The summed E-state index contributed by atoms with van der Waals surface area (Å²) in [5.41, 5.74) is 2.03. The first-order chi connectivity index (χ1) is 11.6. The number of methoxy groups -OCH3 is 1. The molecule has 0 spiro atoms. The molecule has 0 unspecified atom stereocenters. The lowest BCUT2D eigenvalue weighted by Gasteiger charge is -2.17. The molecule has 3 aromatic rings. The summed E-state index contributed by atoms with van der Waals surface area (Å²) in [4.78, 5) is 26.7. The fourth-order valence-corrected chi connectivity index (χ4v) is 2.91. The predicted octanol–water partition coefficient (Wildman–Crippen LogP) is 3.57. The number of aromatic amines is 1. The summed E-state index contributed by atoms with van der Waals surface area (Å²) >= 11 is 0. The number of rotatable bonds is 5. The molecule has 3 rings (SSSR count). The molecule has 0 aliphatic rings. The van der Waals surface area contributed by atoms with Crippen LogP contribution in [0.25, 0.3) is 10.9 Å². The van der Waals surface area contributed by atoms with Gasteiger partial charge in [0, 0.05) is 29.4 Å². The number of hydrogen-bond donors (Lipinski definition) is 1. The number of ketones is 1. The van der Waals surface area contributed by atoms with E-state index in [0.717, 1.165) is 23.6 Å². The van der Waals surface area contributed by atoms with E-state index >= 15 is 0 Å². The van der Waals surface area contributed by atoms with Gasteiger partial charge in [0.2, 0.25) is 5.78 Å². The van der Waals surface area contributed by atoms with Crippen molar-refractivity contribution in [2.75, 3.05) is 7.11 Å². The van der Waals surface area contributed by atoms with Gasteiger partial charge in [-0.3, -0.25) is 4.79 Å². The standard InChI is InChI=1S/C19H16FNO3/c1-24-19(23)18(22)10-14(12-6-2-4-8-16(12)20)15-11-21-17-9-5-3-7-13(15)17/h2-9,11,14,21H,10H2,1H3/t14-/m1/s1. The molecule has 2 aromatic carbocycles. The van der Waals surface area contributed by atoms with Gasteiger partial charge in [-0.1, -0.05) is 36.4 Å². The number of fused-ring (bicyclic) bond motifs is 1. The maximum atomic E-state index is 14.3. The normalized spacial score (nSPS) is 12.1. The van der Waals surface area contributed by atoms with E-state index in [1.807, 2.05) is 24.3 Å². The van der Waals surface area contributed by atoms with E-state index in [9.17, 15) is 14.0 Å². The molecule has 1 heterocycles. The summed E-state index contributed by atoms with van der Waals surface area (Å²) in [7, 11) is 1.16. The van der Waals surface area contributed by atoms with Crippen LogP contribution in [0.4, 0.5) is 4.39 Å². The predicted molar refractivity (Wildman–Crippen MR) is 88.2 cm³/mol. The van der Waals surface area contributed by atoms with Crippen molar-refractivity contribution in [1.82, 2.24) is 4.98 Å². The Balaban J connectivity index is 2.10. The first-order valence-corrected chi connectivity index (χ1v) is 7.53. The van der Waals surface area contributed by atoms with E-state index in [1.165, 1.54) is 6.07 Å². The van der Waals surface area contributed by atoms with E-state index in [-0.39, 0.29) is 6.42 Å². The Kier molecular flexibility index (Phi) is 4.42. The number of esters is 1. The van der Waals surface area contributed by atoms with Crippen molar-refractivity contribution in [1.29, 1.82) is 0 Å². The van der Waals surface area contributed by atoms with Crippen molar-refractivity contribution in [2.45, 2.75) is 12.3 Å². The highest BCUT2D eigenvalue weighted by atomic mass is 19.1. The molecule has 0 fully saturated rings. The molecule has 0 saturated heterocycles. The van der Waals surface area contributed by atoms with Crippen LogP contribution in [-0.4, -0.2) is 23.8 Å². The number of nitrogens with one attached hydrogen (secondary N) is 1. The van der Waals surface area contributed by atoms with Gasteiger partial charge in [-0.15, -0.1) is 0 Å². The average Bonchev–Trinajstić information content (AvgIpc) is 3.03. The molecule has 4 nitrogen and oxygen atoms in total. The molecule has 5 heteroatoms. The minimum absolute atomic E-state index is 0.157. The maximum Gasteiger partial charge on any atom is 0.374 e. The van der Waals surface area contributed by atoms with Gasteiger partial charge in [0.05, 0.1) is 7.11 Å². The number of carbonyl (C=O) groups excluding carboxylic acids is 2. The second kappa shape index (κ2) is 6.66. The quantitative estimate of drug-likeness (QED) is 0.576. The first-order valence-electron chi connectivity index (χ1n) is 7.53. The van der Waals surface area contributed by atoms with Crippen LogP contribution in [-0.2, 0) is 14.3 Å². The molecular formula is C19H16FNO3. The van der Waals surface area contributed by atoms with Crippen LogP contribution in [0.15, 0.2) is 54.7 Å². The molecule has 1 N–H and O–H groups in total. The second-order valence-electron chi connectivity index (χ2n) is 5.48. The number of halogens is 1. The fourth-order valence-electron chi connectivity index (χ4n) is 2.91. The topological polar surface area (TPSA) is 59.2 Å². The number of ether oxygens (including phenoxy) is 1. The van der Waals surface area contributed by atoms with E-state index in [1.54, 1.807) is 24.4 Å². The van der Waals surface area contributed by atoms with E-state index in [0.29, 0.717) is 5.56 Å². The number of aromatic nitrogens is 1. The van der Waals surface area contributed by atoms with Crippen LogP contribution in [0.2, 0.25) is 0 Å². The smallest absolute Gasteiger partial charge is 0.374 e. The Labute approximate surface area is 138 Å². The molecule has 0 saturated carbocycles. The van der Waals surface area contributed by atoms with E-state index in [2.05, 4.69) is 9.72 Å². The Hall–Kier alpha value is -2.95. The second-order valence-corrected chi connectivity index (χ2v) is 5.48. The lowest BCUT2D eigenvalue weighted by atomic mass is 9.86. The molecule has 0 bridgehead atoms. The molecular weight excluding hydrogens is 309 g/mol. The largest absolute Gasteiger partial charge is 0.463 e. The lowest BCUT2D eigenvalue weighted by molar-refractivity contribution is -0.151. The number of hydrogen-bond acceptors (Lipinski definition) is 3. The molecule has 0 aliphatic carbocycles. The Morgan fingerprint density at radius 2 is 1.79 bits per heavy atom. The van der Waals surface area contributed by atoms with Crippen molar-refractivity contribution >= 4 is 22.7 Å². The third-order valence-electron chi connectivity index (χ3n) is 4.08. The Bertz CT molecular complexity index is 900. The van der Waals surface area contributed by atoms with Crippen LogP contribution in [0.1, 0.15) is 23.5 Å². The minimum atomic E-state index is -0.920. The van der Waals surface area contributed by atoms with Gasteiger partial charge in [0.1, 0.15) is 5.82 Å². The zero-order chi connectivity index (χ0) is 17.1. The lowest BCUT2D eigenvalue weighted by Crippen LogP contribution is -2.19. The highest BCUT2D eigenvalue weighted by Crippen LogP contribution is 2.34. The number of para-hydroxylation sites is 1. The molecule has 0 amide bonds. The number of H-pyrrole nitrogens is 1. The molecule has 1 aromatic heterocycles. The summed E-state index contributed by atoms with van der Waals surface area (Å²) in [5, 5.41) is 0.892. The van der Waals surface area contributed by atoms with Crippen LogP contribution in [0.3, 0.4) is 0 Å². The highest BCUT2D eigenvalue weighted by Gasteiger charge is 2.27. The third-order valence-corrected chi connectivity index (χ3v) is 4.08. The minimum Gasteiger partial charge on any atom is -0.463 e. The molecule has 0 radical (unpaired) electrons. The number of benzene rings is 2. The van der Waals surface area contributed by atoms with Gasteiger partial charge >= 0.3 is 5.97 Å². The Morgan fingerprint density at radius 3 is 2.54 bits per heavy atom. The van der Waals surface area contributed by atoms with Crippen LogP contribution < -0.4 is 0 Å². The summed E-state index contributed by atoms with van der Waals surface area (Å²) in [6, 6.07) is 13.8. The van der Waals surface area contributed by atoms with Crippen molar-refractivity contribution in [3.63, 3.8) is 0 Å². The third kappa shape index (κ3) is 2.93. The summed E-state index contributed by atoms with van der Waals surface area (Å²) in [6.07, 6.45) is 1.60. The number of carbonyl (C=O) groups is 2. The highest BCUT2D eigenvalue weighted by molar-refractivity contribution is 6.33. The van der Waals surface area contributed by atoms with Gasteiger partial charge in [0.25, 0.3) is 0 Å². The average molecular weight is 325 g/mol. The van der Waals surface area contributed by atoms with Gasteiger partial charge in [-0.25, -0.2) is 9.18 Å².